The molecule has 24 heavy (non-hydrogen) atoms. The topological polar surface area (TPSA) is 56.4 Å². The van der Waals surface area contributed by atoms with Crippen LogP contribution in [0.15, 0.2) is 42.9 Å². The Hall–Kier alpha value is -2.18. The highest BCUT2D eigenvalue weighted by Gasteiger charge is 2.29. The van der Waals surface area contributed by atoms with E-state index in [0.717, 1.165) is 37.3 Å². The number of aromatic nitrogens is 4. The Morgan fingerprint density at radius 3 is 3.12 bits per heavy atom. The summed E-state index contributed by atoms with van der Waals surface area (Å²) in [6.45, 7) is 2.59. The van der Waals surface area contributed by atoms with Crippen molar-refractivity contribution in [2.75, 3.05) is 13.2 Å². The van der Waals surface area contributed by atoms with Crippen LogP contribution < -0.4 is 5.32 Å². The molecule has 0 aliphatic carbocycles. The van der Waals surface area contributed by atoms with Gasteiger partial charge in [0.1, 0.15) is 6.10 Å². The molecular weight excluding hydrogens is 302 g/mol. The van der Waals surface area contributed by atoms with E-state index in [-0.39, 0.29) is 6.10 Å². The minimum Gasteiger partial charge on any atom is -0.372 e. The van der Waals surface area contributed by atoms with Crippen molar-refractivity contribution in [2.24, 2.45) is 13.0 Å². The van der Waals surface area contributed by atoms with E-state index in [4.69, 9.17) is 4.74 Å². The first-order valence-corrected chi connectivity index (χ1v) is 8.54. The van der Waals surface area contributed by atoms with Gasteiger partial charge in [0.05, 0.1) is 17.4 Å². The largest absolute Gasteiger partial charge is 0.372 e. The second-order valence-electron chi connectivity index (χ2n) is 6.40. The zero-order valence-corrected chi connectivity index (χ0v) is 13.9. The fourth-order valence-corrected chi connectivity index (χ4v) is 3.56. The maximum atomic E-state index is 6.06. The highest BCUT2D eigenvalue weighted by Crippen LogP contribution is 2.32. The van der Waals surface area contributed by atoms with Gasteiger partial charge in [0.2, 0.25) is 0 Å². The minimum absolute atomic E-state index is 0.127. The second kappa shape index (κ2) is 6.75. The molecule has 0 spiro atoms. The predicted octanol–water partition coefficient (Wildman–Crippen LogP) is 2.33. The van der Waals surface area contributed by atoms with E-state index in [2.05, 4.69) is 27.6 Å². The monoisotopic (exact) mass is 325 g/mol. The van der Waals surface area contributed by atoms with Crippen LogP contribution in [-0.4, -0.2) is 32.5 Å². The molecule has 1 aliphatic heterocycles. The number of nitrogens with one attached hydrogen (secondary N) is 1. The Balaban J connectivity index is 1.41. The number of hydrogen-bond donors (Lipinski definition) is 1. The maximum absolute atomic E-state index is 6.06. The number of fused-ring (bicyclic) bond motifs is 1. The smallest absolute Gasteiger partial charge is 0.103 e. The van der Waals surface area contributed by atoms with Crippen LogP contribution in [0.3, 0.4) is 0 Å². The van der Waals surface area contributed by atoms with Crippen LogP contribution in [0.5, 0.6) is 0 Å². The van der Waals surface area contributed by atoms with E-state index >= 15 is 0 Å². The summed E-state index contributed by atoms with van der Waals surface area (Å²) in [6.07, 6.45) is 8.19. The van der Waals surface area contributed by atoms with Gasteiger partial charge in [-0.1, -0.05) is 6.07 Å². The first kappa shape index (κ1) is 15.4. The summed E-state index contributed by atoms with van der Waals surface area (Å²) in [5.41, 5.74) is 3.55. The van der Waals surface area contributed by atoms with Gasteiger partial charge in [0.25, 0.3) is 0 Å². The summed E-state index contributed by atoms with van der Waals surface area (Å²) in [5, 5.41) is 12.3. The van der Waals surface area contributed by atoms with Crippen molar-refractivity contribution in [1.29, 1.82) is 0 Å². The zero-order valence-electron chi connectivity index (χ0n) is 13.9. The Morgan fingerprint density at radius 1 is 1.29 bits per heavy atom. The van der Waals surface area contributed by atoms with E-state index in [1.807, 2.05) is 47.0 Å². The molecule has 0 saturated carbocycles. The molecule has 6 heteroatoms. The van der Waals surface area contributed by atoms with Crippen molar-refractivity contribution in [3.63, 3.8) is 0 Å². The quantitative estimate of drug-likeness (QED) is 0.782. The van der Waals surface area contributed by atoms with Crippen LogP contribution in [0.4, 0.5) is 0 Å². The minimum atomic E-state index is 0.127. The lowest BCUT2D eigenvalue weighted by molar-refractivity contribution is -0.0323. The maximum Gasteiger partial charge on any atom is 0.103 e. The lowest BCUT2D eigenvalue weighted by atomic mass is 9.92. The fraction of sp³-hybridized carbons (Fsp3) is 0.444. The summed E-state index contributed by atoms with van der Waals surface area (Å²) in [6, 6.07) is 8.21. The van der Waals surface area contributed by atoms with Crippen LogP contribution in [-0.2, 0) is 18.3 Å². The van der Waals surface area contributed by atoms with Gasteiger partial charge in [-0.25, -0.2) is 4.52 Å². The first-order valence-electron chi connectivity index (χ1n) is 8.54. The number of pyridine rings is 1. The van der Waals surface area contributed by atoms with E-state index in [1.165, 1.54) is 12.0 Å². The molecule has 126 valence electrons. The summed E-state index contributed by atoms with van der Waals surface area (Å²) >= 11 is 0. The Morgan fingerprint density at radius 2 is 2.25 bits per heavy atom. The van der Waals surface area contributed by atoms with E-state index < -0.39 is 0 Å². The lowest BCUT2D eigenvalue weighted by Gasteiger charge is -2.32. The second-order valence-corrected chi connectivity index (χ2v) is 6.40. The molecule has 3 aromatic heterocycles. The average Bonchev–Trinajstić information content (AvgIpc) is 3.22. The number of nitrogens with zero attached hydrogens (tertiary/aromatic N) is 4. The first-order chi connectivity index (χ1) is 11.8. The van der Waals surface area contributed by atoms with Crippen LogP contribution in [0.1, 0.15) is 30.2 Å². The highest BCUT2D eigenvalue weighted by molar-refractivity contribution is 5.53. The summed E-state index contributed by atoms with van der Waals surface area (Å²) in [7, 11) is 1.98. The zero-order chi connectivity index (χ0) is 16.4. The van der Waals surface area contributed by atoms with Crippen LogP contribution >= 0.6 is 0 Å². The Labute approximate surface area is 141 Å². The number of aryl methyl sites for hydroxylation is 1. The van der Waals surface area contributed by atoms with Crippen molar-refractivity contribution >= 4 is 5.52 Å². The molecule has 6 nitrogen and oxygen atoms in total. The molecule has 1 saturated heterocycles. The predicted molar refractivity (Wildman–Crippen MR) is 91.5 cm³/mol. The molecule has 1 N–H and O–H groups in total. The van der Waals surface area contributed by atoms with Crippen molar-refractivity contribution in [1.82, 2.24) is 24.7 Å². The third-order valence-electron chi connectivity index (χ3n) is 4.82. The average molecular weight is 325 g/mol. The molecule has 0 amide bonds. The van der Waals surface area contributed by atoms with Gasteiger partial charge in [-0.2, -0.15) is 10.2 Å². The molecule has 1 fully saturated rings. The van der Waals surface area contributed by atoms with Crippen LogP contribution in [0.2, 0.25) is 0 Å². The van der Waals surface area contributed by atoms with E-state index in [1.54, 1.807) is 0 Å². The standard InChI is InChI=1S/C18H23N5O/c1-22-17(7-8-20-22)18-14(5-4-10-24-18)11-19-12-15-13-21-23-9-3-2-6-16(15)23/h2-3,6-9,13-14,18-19H,4-5,10-12H2,1H3/t14-,18+/m0/s1. The van der Waals surface area contributed by atoms with Gasteiger partial charge in [0, 0.05) is 50.6 Å². The lowest BCUT2D eigenvalue weighted by Crippen LogP contribution is -2.32. The van der Waals surface area contributed by atoms with Crippen LogP contribution in [0, 0.1) is 5.92 Å². The van der Waals surface area contributed by atoms with Gasteiger partial charge in [-0.15, -0.1) is 0 Å². The molecule has 3 aromatic rings. The van der Waals surface area contributed by atoms with Gasteiger partial charge in [-0.3, -0.25) is 4.68 Å². The van der Waals surface area contributed by atoms with Crippen molar-refractivity contribution < 1.29 is 4.74 Å². The molecule has 4 rings (SSSR count). The van der Waals surface area contributed by atoms with Gasteiger partial charge in [-0.05, 0) is 31.0 Å². The van der Waals surface area contributed by atoms with E-state index in [0.29, 0.717) is 5.92 Å². The van der Waals surface area contributed by atoms with E-state index in [9.17, 15) is 0 Å². The van der Waals surface area contributed by atoms with Gasteiger partial charge >= 0.3 is 0 Å². The number of rotatable bonds is 5. The van der Waals surface area contributed by atoms with Crippen LogP contribution in [0.25, 0.3) is 5.52 Å². The number of ether oxygens (including phenoxy) is 1. The third-order valence-corrected chi connectivity index (χ3v) is 4.82. The highest BCUT2D eigenvalue weighted by atomic mass is 16.5. The third kappa shape index (κ3) is 2.95. The molecule has 0 unspecified atom stereocenters. The van der Waals surface area contributed by atoms with Crippen molar-refractivity contribution in [3.05, 3.63) is 54.1 Å². The van der Waals surface area contributed by atoms with Crippen molar-refractivity contribution in [2.45, 2.75) is 25.5 Å². The molecule has 0 aromatic carbocycles. The van der Waals surface area contributed by atoms with Crippen molar-refractivity contribution in [3.8, 4) is 0 Å². The summed E-state index contributed by atoms with van der Waals surface area (Å²) < 4.78 is 9.90. The van der Waals surface area contributed by atoms with Gasteiger partial charge in [0.15, 0.2) is 0 Å². The molecule has 4 heterocycles. The Kier molecular flexibility index (Phi) is 4.32. The molecular formula is C18H23N5O. The normalized spacial score (nSPS) is 21.4. The number of hydrogen-bond acceptors (Lipinski definition) is 4. The van der Waals surface area contributed by atoms with Gasteiger partial charge < -0.3 is 10.1 Å². The summed E-state index contributed by atoms with van der Waals surface area (Å²) in [5.74, 6) is 0.469. The molecule has 2 atom stereocenters. The summed E-state index contributed by atoms with van der Waals surface area (Å²) in [4.78, 5) is 0. The molecule has 0 bridgehead atoms. The molecule has 0 radical (unpaired) electrons. The fourth-order valence-electron chi connectivity index (χ4n) is 3.56. The Bertz CT molecular complexity index is 808. The SMILES string of the molecule is Cn1nccc1[C@@H]1OCCC[C@H]1CNCc1cnn2ccccc12. The molecule has 1 aliphatic rings.